The molecule has 234 valence electrons. The van der Waals surface area contributed by atoms with Crippen LogP contribution in [0.2, 0.25) is 10.0 Å². The molecule has 10 heteroatoms. The van der Waals surface area contributed by atoms with Crippen LogP contribution in [0.15, 0.2) is 77.9 Å². The van der Waals surface area contributed by atoms with Gasteiger partial charge >= 0.3 is 5.97 Å². The SMILES string of the molecule is CCOC(=O)CC1(C)C=CC(c2cccc(S(C)(=O)=O)c2)=CC=C1n1cc(C(C)(C)O)nc1C(C)(C)c1c(Cl)cccc1Cl. The Kier molecular flexibility index (Phi) is 9.44. The number of carbonyl (C=O) groups excluding carboxylic acids is 1. The zero-order valence-corrected chi connectivity index (χ0v) is 28.3. The van der Waals surface area contributed by atoms with Crippen molar-refractivity contribution in [1.29, 1.82) is 0 Å². The number of hydrogen-bond acceptors (Lipinski definition) is 6. The minimum absolute atomic E-state index is 0.0103. The second-order valence-corrected chi connectivity index (χ2v) is 15.1. The van der Waals surface area contributed by atoms with Crippen LogP contribution < -0.4 is 0 Å². The Balaban J connectivity index is 2.01. The Morgan fingerprint density at radius 1 is 1.07 bits per heavy atom. The summed E-state index contributed by atoms with van der Waals surface area (Å²) in [6, 6.07) is 12.0. The lowest BCUT2D eigenvalue weighted by atomic mass is 9.80. The van der Waals surface area contributed by atoms with E-state index in [1.54, 1.807) is 63.4 Å². The standard InChI is InChI=1S/C34H38Cl2N2O5S/c1-8-43-29(39)20-34(6)18-17-22(23-11-9-12-24(19-23)44(7,41)42)15-16-28(34)38-21-27(33(4,5)40)37-31(38)32(2,3)30-25(35)13-10-14-26(30)36/h9-19,21,40H,8,20H2,1-7H3. The van der Waals surface area contributed by atoms with Crippen molar-refractivity contribution in [3.05, 3.63) is 106 Å². The molecule has 1 atom stereocenters. The number of halogens is 2. The number of allylic oxidation sites excluding steroid dienone is 6. The van der Waals surface area contributed by atoms with Gasteiger partial charge in [0.1, 0.15) is 11.4 Å². The Hall–Kier alpha value is -3.17. The molecule has 0 radical (unpaired) electrons. The van der Waals surface area contributed by atoms with Gasteiger partial charge in [-0.2, -0.15) is 0 Å². The number of benzene rings is 2. The number of aromatic nitrogens is 2. The van der Waals surface area contributed by atoms with Crippen molar-refractivity contribution < 1.29 is 23.1 Å². The molecule has 0 aliphatic heterocycles. The molecule has 0 saturated carbocycles. The first-order valence-electron chi connectivity index (χ1n) is 14.2. The van der Waals surface area contributed by atoms with Crippen LogP contribution in [0.3, 0.4) is 0 Å². The number of ether oxygens (including phenoxy) is 1. The lowest BCUT2D eigenvalue weighted by Gasteiger charge is -2.33. The van der Waals surface area contributed by atoms with Crippen LogP contribution >= 0.6 is 23.2 Å². The summed E-state index contributed by atoms with van der Waals surface area (Å²) >= 11 is 13.4. The van der Waals surface area contributed by atoms with E-state index in [9.17, 15) is 18.3 Å². The van der Waals surface area contributed by atoms with Crippen LogP contribution in [0.25, 0.3) is 11.3 Å². The van der Waals surface area contributed by atoms with E-state index in [4.69, 9.17) is 32.9 Å². The molecule has 1 aliphatic rings. The van der Waals surface area contributed by atoms with Gasteiger partial charge < -0.3 is 14.4 Å². The molecule has 3 aromatic rings. The summed E-state index contributed by atoms with van der Waals surface area (Å²) in [7, 11) is -3.42. The van der Waals surface area contributed by atoms with Gasteiger partial charge in [0.25, 0.3) is 0 Å². The van der Waals surface area contributed by atoms with Gasteiger partial charge in [-0.1, -0.05) is 59.6 Å². The fraction of sp³-hybridized carbons (Fsp3) is 0.353. The number of nitrogens with zero attached hydrogens (tertiary/aromatic N) is 2. The zero-order valence-electron chi connectivity index (χ0n) is 26.0. The topological polar surface area (TPSA) is 98.5 Å². The zero-order chi connectivity index (χ0) is 32.7. The van der Waals surface area contributed by atoms with Crippen molar-refractivity contribution in [2.75, 3.05) is 12.9 Å². The molecule has 2 aromatic carbocycles. The van der Waals surface area contributed by atoms with Gasteiger partial charge in [0.2, 0.25) is 0 Å². The second-order valence-electron chi connectivity index (χ2n) is 12.3. The summed E-state index contributed by atoms with van der Waals surface area (Å²) in [6.45, 7) is 11.2. The largest absolute Gasteiger partial charge is 0.466 e. The maximum atomic E-state index is 13.0. The van der Waals surface area contributed by atoms with E-state index >= 15 is 0 Å². The number of rotatable bonds is 9. The predicted molar refractivity (Wildman–Crippen MR) is 176 cm³/mol. The minimum Gasteiger partial charge on any atom is -0.466 e. The average molecular weight is 658 g/mol. The molecule has 7 nitrogen and oxygen atoms in total. The summed E-state index contributed by atoms with van der Waals surface area (Å²) in [4.78, 5) is 18.1. The van der Waals surface area contributed by atoms with Gasteiger partial charge in [0, 0.05) is 39.2 Å². The minimum atomic E-state index is -3.42. The number of aliphatic hydroxyl groups is 1. The monoisotopic (exact) mass is 656 g/mol. The van der Waals surface area contributed by atoms with Gasteiger partial charge in [-0.15, -0.1) is 0 Å². The molecule has 1 aliphatic carbocycles. The molecule has 1 heterocycles. The highest BCUT2D eigenvalue weighted by Crippen LogP contribution is 2.46. The number of imidazole rings is 1. The molecule has 4 rings (SSSR count). The third-order valence-electron chi connectivity index (χ3n) is 7.79. The van der Waals surface area contributed by atoms with E-state index in [0.717, 1.165) is 5.57 Å². The molecule has 0 spiro atoms. The first-order chi connectivity index (χ1) is 20.4. The maximum absolute atomic E-state index is 13.0. The fourth-order valence-corrected chi connectivity index (χ4v) is 6.93. The highest BCUT2D eigenvalue weighted by Gasteiger charge is 2.40. The summed E-state index contributed by atoms with van der Waals surface area (Å²) in [5.41, 5.74) is 0.175. The van der Waals surface area contributed by atoms with Crippen molar-refractivity contribution in [1.82, 2.24) is 9.55 Å². The molecule has 0 amide bonds. The third kappa shape index (κ3) is 6.89. The Morgan fingerprint density at radius 3 is 2.30 bits per heavy atom. The smallest absolute Gasteiger partial charge is 0.307 e. The van der Waals surface area contributed by atoms with Crippen LogP contribution in [-0.4, -0.2) is 41.9 Å². The van der Waals surface area contributed by atoms with Gasteiger partial charge in [-0.05, 0) is 83.0 Å². The first kappa shape index (κ1) is 33.7. The molecular formula is C34H38Cl2N2O5S. The summed E-state index contributed by atoms with van der Waals surface area (Å²) in [5.74, 6) is 0.168. The molecule has 0 saturated heterocycles. The van der Waals surface area contributed by atoms with E-state index in [-0.39, 0.29) is 23.9 Å². The van der Waals surface area contributed by atoms with Crippen LogP contribution in [0.4, 0.5) is 0 Å². The molecule has 0 fully saturated rings. The quantitative estimate of drug-likeness (QED) is 0.238. The molecule has 0 bridgehead atoms. The lowest BCUT2D eigenvalue weighted by Crippen LogP contribution is -2.30. The van der Waals surface area contributed by atoms with E-state index in [0.29, 0.717) is 38.4 Å². The number of carbonyl (C=O) groups is 1. The molecule has 1 N–H and O–H groups in total. The fourth-order valence-electron chi connectivity index (χ4n) is 5.40. The van der Waals surface area contributed by atoms with Crippen LogP contribution in [-0.2, 0) is 30.4 Å². The first-order valence-corrected chi connectivity index (χ1v) is 16.9. The number of sulfone groups is 1. The third-order valence-corrected chi connectivity index (χ3v) is 9.53. The lowest BCUT2D eigenvalue weighted by molar-refractivity contribution is -0.144. The van der Waals surface area contributed by atoms with E-state index in [1.165, 1.54) is 6.26 Å². The van der Waals surface area contributed by atoms with Crippen molar-refractivity contribution in [2.45, 2.75) is 63.9 Å². The van der Waals surface area contributed by atoms with E-state index < -0.39 is 26.3 Å². The van der Waals surface area contributed by atoms with Gasteiger partial charge in [0.15, 0.2) is 9.84 Å². The highest BCUT2D eigenvalue weighted by molar-refractivity contribution is 7.90. The van der Waals surface area contributed by atoms with Crippen molar-refractivity contribution in [3.63, 3.8) is 0 Å². The second kappa shape index (κ2) is 12.3. The van der Waals surface area contributed by atoms with Gasteiger partial charge in [-0.3, -0.25) is 4.79 Å². The van der Waals surface area contributed by atoms with Crippen molar-refractivity contribution in [3.8, 4) is 0 Å². The number of hydrogen-bond donors (Lipinski definition) is 1. The number of esters is 1. The van der Waals surface area contributed by atoms with Crippen LogP contribution in [0, 0.1) is 5.41 Å². The van der Waals surface area contributed by atoms with Crippen LogP contribution in [0.5, 0.6) is 0 Å². The summed E-state index contributed by atoms with van der Waals surface area (Å²) in [5, 5.41) is 12.0. The molecule has 44 heavy (non-hydrogen) atoms. The predicted octanol–water partition coefficient (Wildman–Crippen LogP) is 7.60. The molecule has 1 aromatic heterocycles. The van der Waals surface area contributed by atoms with Gasteiger partial charge in [0.05, 0.1) is 29.0 Å². The summed E-state index contributed by atoms with van der Waals surface area (Å²) < 4.78 is 31.8. The van der Waals surface area contributed by atoms with Gasteiger partial charge in [-0.25, -0.2) is 13.4 Å². The average Bonchev–Trinajstić information content (AvgIpc) is 3.30. The van der Waals surface area contributed by atoms with E-state index in [1.807, 2.05) is 55.7 Å². The maximum Gasteiger partial charge on any atom is 0.307 e. The van der Waals surface area contributed by atoms with Crippen molar-refractivity contribution in [2.24, 2.45) is 5.41 Å². The van der Waals surface area contributed by atoms with Crippen LogP contribution in [0.1, 0.15) is 70.6 Å². The molecular weight excluding hydrogens is 619 g/mol. The Bertz CT molecular complexity index is 1780. The van der Waals surface area contributed by atoms with E-state index in [2.05, 4.69) is 0 Å². The highest BCUT2D eigenvalue weighted by atomic mass is 35.5. The Labute approximate surface area is 269 Å². The summed E-state index contributed by atoms with van der Waals surface area (Å²) in [6.07, 6.45) is 10.5. The normalized spacial score (nSPS) is 17.6. The molecule has 1 unspecified atom stereocenters. The van der Waals surface area contributed by atoms with Crippen molar-refractivity contribution >= 4 is 50.3 Å². The Morgan fingerprint density at radius 2 is 1.70 bits per heavy atom.